The minimum atomic E-state index is -0.528. The Morgan fingerprint density at radius 3 is 1.60 bits per heavy atom. The van der Waals surface area contributed by atoms with Crippen LogP contribution >= 0.6 is 0 Å². The zero-order valence-corrected chi connectivity index (χ0v) is 41.2. The fourth-order valence-electron chi connectivity index (χ4n) is 12.9. The van der Waals surface area contributed by atoms with E-state index in [2.05, 4.69) is 72.7 Å². The molecule has 0 bridgehead atoms. The summed E-state index contributed by atoms with van der Waals surface area (Å²) in [7, 11) is 0. The molecule has 4 aliphatic carbocycles. The minimum absolute atomic E-state index is 0.0288. The summed E-state index contributed by atoms with van der Waals surface area (Å²) >= 11 is 0. The van der Waals surface area contributed by atoms with Crippen molar-refractivity contribution in [2.24, 2.45) is 22.7 Å². The molecule has 2 aromatic heterocycles. The van der Waals surface area contributed by atoms with Gasteiger partial charge in [-0.15, -0.1) is 0 Å². The van der Waals surface area contributed by atoms with Crippen molar-refractivity contribution in [2.45, 2.75) is 213 Å². The third-order valence-corrected chi connectivity index (χ3v) is 16.9. The molecule has 9 rings (SSSR count). The van der Waals surface area contributed by atoms with Crippen molar-refractivity contribution in [3.63, 3.8) is 0 Å². The molecule has 5 fully saturated rings. The molecule has 3 amide bonds. The molecular weight excluding hydrogens is 813 g/mol. The van der Waals surface area contributed by atoms with E-state index >= 15 is 0 Å². The molecular formula is C54H82N6O5. The average Bonchev–Trinajstić information content (AvgIpc) is 4.14. The molecule has 7 aliphatic rings. The van der Waals surface area contributed by atoms with Gasteiger partial charge in [-0.3, -0.25) is 19.6 Å². The number of aromatic nitrogens is 2. The zero-order valence-electron chi connectivity index (χ0n) is 41.2. The van der Waals surface area contributed by atoms with E-state index in [1.807, 2.05) is 20.8 Å². The van der Waals surface area contributed by atoms with Gasteiger partial charge >= 0.3 is 6.09 Å². The zero-order chi connectivity index (χ0) is 45.9. The Bertz CT molecular complexity index is 1980. The summed E-state index contributed by atoms with van der Waals surface area (Å²) in [5.74, 6) is 2.50. The van der Waals surface area contributed by atoms with E-state index in [0.717, 1.165) is 96.3 Å². The van der Waals surface area contributed by atoms with Crippen LogP contribution in [0.1, 0.15) is 197 Å². The average molecular weight is 895 g/mol. The lowest BCUT2D eigenvalue weighted by Crippen LogP contribution is -2.49. The Morgan fingerprint density at radius 1 is 0.677 bits per heavy atom. The summed E-state index contributed by atoms with van der Waals surface area (Å²) in [6.45, 7) is 19.1. The predicted molar refractivity (Wildman–Crippen MR) is 255 cm³/mol. The SMILES string of the molecule is CC(C)[C@]1(C(=O)N2CCc3ncc(C4CCCC4)cc3C2)CC[C@@H](NC(=O)OC(C)(C)C)C1.CC(C)[C@]1(C(=O)N2CCc3ncc(C4CCCC4)cc3C2)CC[C@@H](NC2CCOCC2)C1. The molecule has 11 nitrogen and oxygen atoms in total. The summed E-state index contributed by atoms with van der Waals surface area (Å²) in [6.07, 6.45) is 23.5. The Balaban J connectivity index is 0.000000177. The highest BCUT2D eigenvalue weighted by molar-refractivity contribution is 5.84. The van der Waals surface area contributed by atoms with Crippen molar-refractivity contribution >= 4 is 17.9 Å². The van der Waals surface area contributed by atoms with Crippen LogP contribution in [0.25, 0.3) is 0 Å². The number of nitrogens with one attached hydrogen (secondary N) is 2. The lowest BCUT2D eigenvalue weighted by Gasteiger charge is -2.40. The monoisotopic (exact) mass is 895 g/mol. The molecule has 358 valence electrons. The van der Waals surface area contributed by atoms with E-state index in [9.17, 15) is 14.4 Å². The number of rotatable bonds is 9. The van der Waals surface area contributed by atoms with E-state index in [0.29, 0.717) is 48.7 Å². The van der Waals surface area contributed by atoms with Gasteiger partial charge in [-0.05, 0) is 144 Å². The maximum Gasteiger partial charge on any atom is 0.407 e. The quantitative estimate of drug-likeness (QED) is 0.255. The molecule has 11 heteroatoms. The number of nitrogens with zero attached hydrogens (tertiary/aromatic N) is 4. The number of hydrogen-bond acceptors (Lipinski definition) is 8. The van der Waals surface area contributed by atoms with Gasteiger partial charge in [0.15, 0.2) is 0 Å². The molecule has 0 aromatic carbocycles. The van der Waals surface area contributed by atoms with E-state index < -0.39 is 17.1 Å². The fraction of sp³-hybridized carbons (Fsp3) is 0.759. The number of carbonyl (C=O) groups is 3. The van der Waals surface area contributed by atoms with Crippen LogP contribution in [0.5, 0.6) is 0 Å². The van der Waals surface area contributed by atoms with Crippen molar-refractivity contribution in [2.75, 3.05) is 26.3 Å². The van der Waals surface area contributed by atoms with Crippen molar-refractivity contribution in [1.29, 1.82) is 0 Å². The van der Waals surface area contributed by atoms with Crippen molar-refractivity contribution < 1.29 is 23.9 Å². The first-order valence-electron chi connectivity index (χ1n) is 26.0. The maximum absolute atomic E-state index is 14.0. The normalized spacial score (nSPS) is 27.7. The Morgan fingerprint density at radius 2 is 1.14 bits per heavy atom. The van der Waals surface area contributed by atoms with Gasteiger partial charge in [0, 0.05) is 94.1 Å². The van der Waals surface area contributed by atoms with Crippen LogP contribution in [0.2, 0.25) is 0 Å². The molecule has 65 heavy (non-hydrogen) atoms. The molecule has 0 unspecified atom stereocenters. The van der Waals surface area contributed by atoms with Gasteiger partial charge in [0.25, 0.3) is 0 Å². The number of pyridine rings is 2. The molecule has 4 atom stereocenters. The summed E-state index contributed by atoms with van der Waals surface area (Å²) in [5, 5.41) is 6.89. The van der Waals surface area contributed by atoms with Crippen LogP contribution in [0.3, 0.4) is 0 Å². The van der Waals surface area contributed by atoms with E-state index in [1.54, 1.807) is 0 Å². The maximum atomic E-state index is 14.0. The van der Waals surface area contributed by atoms with E-state index in [-0.39, 0.29) is 23.3 Å². The second kappa shape index (κ2) is 20.3. The summed E-state index contributed by atoms with van der Waals surface area (Å²) in [6, 6.07) is 5.68. The topological polar surface area (TPSA) is 126 Å². The molecule has 0 spiro atoms. The Kier molecular flexibility index (Phi) is 15.0. The van der Waals surface area contributed by atoms with Crippen LogP contribution in [0.4, 0.5) is 4.79 Å². The van der Waals surface area contributed by atoms with Gasteiger partial charge in [-0.2, -0.15) is 0 Å². The predicted octanol–water partition coefficient (Wildman–Crippen LogP) is 9.93. The summed E-state index contributed by atoms with van der Waals surface area (Å²) in [4.78, 5) is 54.1. The second-order valence-corrected chi connectivity index (χ2v) is 22.9. The molecule has 5 heterocycles. The lowest BCUT2D eigenvalue weighted by atomic mass is 9.74. The molecule has 2 aromatic rings. The van der Waals surface area contributed by atoms with Crippen LogP contribution in [0.15, 0.2) is 24.5 Å². The number of carbonyl (C=O) groups excluding carboxylic acids is 3. The van der Waals surface area contributed by atoms with Crippen molar-refractivity contribution in [3.05, 3.63) is 58.2 Å². The van der Waals surface area contributed by atoms with Crippen molar-refractivity contribution in [3.8, 4) is 0 Å². The van der Waals surface area contributed by atoms with Crippen molar-refractivity contribution in [1.82, 2.24) is 30.4 Å². The third kappa shape index (κ3) is 10.9. The summed E-state index contributed by atoms with van der Waals surface area (Å²) < 4.78 is 11.0. The second-order valence-electron chi connectivity index (χ2n) is 22.9. The third-order valence-electron chi connectivity index (χ3n) is 16.9. The summed E-state index contributed by atoms with van der Waals surface area (Å²) in [5.41, 5.74) is 6.43. The van der Waals surface area contributed by atoms with Gasteiger partial charge in [-0.25, -0.2) is 4.79 Å². The molecule has 4 saturated carbocycles. The molecule has 2 N–H and O–H groups in total. The Labute approximate surface area is 390 Å². The minimum Gasteiger partial charge on any atom is -0.444 e. The van der Waals surface area contributed by atoms with Gasteiger partial charge in [0.1, 0.15) is 5.60 Å². The van der Waals surface area contributed by atoms with Gasteiger partial charge in [-0.1, -0.05) is 65.5 Å². The first kappa shape index (κ1) is 47.9. The van der Waals surface area contributed by atoms with Gasteiger partial charge < -0.3 is 29.9 Å². The van der Waals surface area contributed by atoms with Crippen LogP contribution in [0, 0.1) is 22.7 Å². The van der Waals surface area contributed by atoms with E-state index in [1.165, 1.54) is 79.3 Å². The standard InChI is InChI=1S/C27H41N3O3.C27H41N3O2/c1-18(2)27(12-10-22(15-27)29-25(32)33-26(3,4)5)24(31)30-13-11-23-21(17-30)14-20(16-28-23)19-8-6-7-9-19;1-19(2)27(11-7-24(16-27)29-23-9-13-32-14-10-23)26(31)30-12-8-25-22(18-30)15-21(17-28-25)20-5-3-4-6-20/h14,16,18-19,22H,6-13,15,17H2,1-5H3,(H,29,32);15,17,19-20,23-24,29H,3-14,16,18H2,1-2H3/t22-,27+;24-,27+/m11/s1. The lowest BCUT2D eigenvalue weighted by molar-refractivity contribution is -0.146. The highest BCUT2D eigenvalue weighted by Gasteiger charge is 2.51. The highest BCUT2D eigenvalue weighted by atomic mass is 16.6. The number of alkyl carbamates (subject to hydrolysis) is 1. The first-order valence-corrected chi connectivity index (χ1v) is 26.0. The number of fused-ring (bicyclic) bond motifs is 2. The molecule has 0 radical (unpaired) electrons. The largest absolute Gasteiger partial charge is 0.444 e. The van der Waals surface area contributed by atoms with Gasteiger partial charge in [0.05, 0.1) is 10.8 Å². The molecule has 3 aliphatic heterocycles. The smallest absolute Gasteiger partial charge is 0.407 e. The van der Waals surface area contributed by atoms with Crippen LogP contribution in [-0.4, -0.2) is 87.7 Å². The van der Waals surface area contributed by atoms with Crippen LogP contribution in [-0.2, 0) is 45.0 Å². The number of ether oxygens (including phenoxy) is 2. The number of hydrogen-bond donors (Lipinski definition) is 2. The van der Waals surface area contributed by atoms with E-state index in [4.69, 9.17) is 19.4 Å². The Hall–Kier alpha value is -3.57. The fourth-order valence-corrected chi connectivity index (χ4v) is 12.9. The number of amides is 3. The van der Waals surface area contributed by atoms with Crippen LogP contribution < -0.4 is 10.6 Å². The first-order chi connectivity index (χ1) is 31.1. The van der Waals surface area contributed by atoms with Gasteiger partial charge in [0.2, 0.25) is 11.8 Å². The molecule has 1 saturated heterocycles. The highest BCUT2D eigenvalue weighted by Crippen LogP contribution is 2.48.